The number of carbonyl (C=O) groups excluding carboxylic acids is 6. The van der Waals surface area contributed by atoms with Crippen molar-refractivity contribution in [1.29, 1.82) is 0 Å². The monoisotopic (exact) mass is 834 g/mol. The Morgan fingerprint density at radius 2 is 1.46 bits per heavy atom. The predicted molar refractivity (Wildman–Crippen MR) is 225 cm³/mol. The largest absolute Gasteiger partial charge is 0.493 e. The lowest BCUT2D eigenvalue weighted by molar-refractivity contribution is -0.149. The summed E-state index contributed by atoms with van der Waals surface area (Å²) in [5.41, 5.74) is 4.96. The molecular weight excluding hydrogens is 785 g/mol. The van der Waals surface area contributed by atoms with Gasteiger partial charge in [0.05, 0.1) is 52.0 Å². The quantitative estimate of drug-likeness (QED) is 0.0404. The van der Waals surface area contributed by atoms with Crippen molar-refractivity contribution in [1.82, 2.24) is 21.4 Å². The summed E-state index contributed by atoms with van der Waals surface area (Å²) in [5, 5.41) is 10.1. The molecule has 0 spiro atoms. The van der Waals surface area contributed by atoms with Crippen molar-refractivity contribution in [3.63, 3.8) is 0 Å². The Balaban J connectivity index is 1.23. The molecule has 4 amide bonds. The third-order valence-electron chi connectivity index (χ3n) is 9.95. The SMILES string of the molecule is CCOc1cc(-c2ccc(C(=O)NCNC(=O)[C@H](CCc3ccc4ccccc4c3)[C@@H](CC)C(=O)NOCc3ccccc3)o2)ccc1C(=O)N[C@@H](CC(=O)OC)C(=O)OC. The molecule has 1 aromatic heterocycles. The third kappa shape index (κ3) is 12.5. The Morgan fingerprint density at radius 1 is 0.705 bits per heavy atom. The van der Waals surface area contributed by atoms with Crippen LogP contribution in [0.15, 0.2) is 108 Å². The number of amides is 4. The summed E-state index contributed by atoms with van der Waals surface area (Å²) < 4.78 is 20.9. The van der Waals surface area contributed by atoms with E-state index in [0.717, 1.165) is 36.1 Å². The van der Waals surface area contributed by atoms with Crippen LogP contribution in [-0.4, -0.2) is 69.1 Å². The Kier molecular flexibility index (Phi) is 16.6. The first kappa shape index (κ1) is 45.1. The highest BCUT2D eigenvalue weighted by Crippen LogP contribution is 2.30. The zero-order valence-electron chi connectivity index (χ0n) is 34.5. The van der Waals surface area contributed by atoms with Crippen LogP contribution in [0.4, 0.5) is 0 Å². The van der Waals surface area contributed by atoms with Gasteiger partial charge in [0, 0.05) is 11.5 Å². The van der Waals surface area contributed by atoms with Gasteiger partial charge in [-0.15, -0.1) is 0 Å². The molecule has 0 saturated heterocycles. The van der Waals surface area contributed by atoms with Gasteiger partial charge in [0.1, 0.15) is 17.6 Å². The maximum Gasteiger partial charge on any atom is 0.328 e. The van der Waals surface area contributed by atoms with E-state index in [-0.39, 0.29) is 42.7 Å². The molecule has 0 aliphatic rings. The summed E-state index contributed by atoms with van der Waals surface area (Å²) in [4.78, 5) is 83.3. The zero-order valence-corrected chi connectivity index (χ0v) is 34.5. The second kappa shape index (κ2) is 22.4. The number of carbonyl (C=O) groups is 6. The number of fused-ring (bicyclic) bond motifs is 1. The van der Waals surface area contributed by atoms with Crippen LogP contribution in [-0.2, 0) is 46.5 Å². The molecule has 0 fully saturated rings. The number of benzene rings is 4. The van der Waals surface area contributed by atoms with Crippen LogP contribution >= 0.6 is 0 Å². The van der Waals surface area contributed by atoms with Crippen LogP contribution < -0.4 is 26.2 Å². The summed E-state index contributed by atoms with van der Waals surface area (Å²) in [7, 11) is 2.29. The minimum atomic E-state index is -1.30. The van der Waals surface area contributed by atoms with Crippen molar-refractivity contribution in [3.8, 4) is 17.1 Å². The number of methoxy groups -OCH3 is 2. The molecule has 5 aromatic rings. The summed E-state index contributed by atoms with van der Waals surface area (Å²) >= 11 is 0. The molecule has 15 heteroatoms. The van der Waals surface area contributed by atoms with Gasteiger partial charge < -0.3 is 34.6 Å². The Labute approximate surface area is 353 Å². The highest BCUT2D eigenvalue weighted by Gasteiger charge is 2.33. The number of hydroxylamine groups is 1. The van der Waals surface area contributed by atoms with Gasteiger partial charge in [0.25, 0.3) is 11.8 Å². The second-order valence-corrected chi connectivity index (χ2v) is 13.9. The number of furan rings is 1. The lowest BCUT2D eigenvalue weighted by Crippen LogP contribution is -2.45. The Bertz CT molecular complexity index is 2310. The summed E-state index contributed by atoms with van der Waals surface area (Å²) in [5.74, 6) is -4.80. The Morgan fingerprint density at radius 3 is 2.18 bits per heavy atom. The first-order chi connectivity index (χ1) is 29.5. The molecule has 0 aliphatic heterocycles. The van der Waals surface area contributed by atoms with E-state index < -0.39 is 59.9 Å². The molecule has 0 aliphatic carbocycles. The van der Waals surface area contributed by atoms with E-state index in [1.165, 1.54) is 18.2 Å². The number of nitrogens with one attached hydrogen (secondary N) is 4. The summed E-state index contributed by atoms with van der Waals surface area (Å²) in [6, 6.07) is 29.8. The molecule has 0 radical (unpaired) electrons. The molecule has 61 heavy (non-hydrogen) atoms. The van der Waals surface area contributed by atoms with Gasteiger partial charge in [-0.05, 0) is 72.4 Å². The summed E-state index contributed by atoms with van der Waals surface area (Å²) in [6.07, 6.45) is 0.802. The molecule has 320 valence electrons. The van der Waals surface area contributed by atoms with Crippen LogP contribution in [0.25, 0.3) is 22.1 Å². The zero-order chi connectivity index (χ0) is 43.7. The van der Waals surface area contributed by atoms with Gasteiger partial charge in [-0.25, -0.2) is 10.3 Å². The van der Waals surface area contributed by atoms with Crippen LogP contribution in [0.3, 0.4) is 0 Å². The number of aryl methyl sites for hydroxylation is 1. The molecule has 0 unspecified atom stereocenters. The average Bonchev–Trinajstić information content (AvgIpc) is 3.78. The van der Waals surface area contributed by atoms with Crippen molar-refractivity contribution >= 4 is 46.3 Å². The third-order valence-corrected chi connectivity index (χ3v) is 9.95. The van der Waals surface area contributed by atoms with E-state index in [9.17, 15) is 28.8 Å². The van der Waals surface area contributed by atoms with Crippen molar-refractivity contribution in [3.05, 3.63) is 126 Å². The van der Waals surface area contributed by atoms with Gasteiger partial charge in [-0.3, -0.25) is 28.8 Å². The van der Waals surface area contributed by atoms with Crippen LogP contribution in [0.2, 0.25) is 0 Å². The molecule has 0 bridgehead atoms. The highest BCUT2D eigenvalue weighted by molar-refractivity contribution is 6.00. The first-order valence-electron chi connectivity index (χ1n) is 19.9. The van der Waals surface area contributed by atoms with Crippen molar-refractivity contribution in [2.45, 2.75) is 52.2 Å². The fourth-order valence-electron chi connectivity index (χ4n) is 6.73. The standard InChI is InChI=1S/C46H50N4O11/c1-5-34(44(54)50-60-27-30-12-8-7-9-13-30)35(20-17-29-16-18-31-14-10-11-15-32(31)24-29)42(52)47-28-48-45(55)39-23-22-38(61-39)33-19-21-36(40(25-33)59-6-2)43(53)49-37(46(56)58-4)26-41(51)57-3/h7-16,18-19,21-25,34-35,37H,5-6,17,20,26-28H2,1-4H3,(H,47,52)(H,48,55)(H,49,53)(H,50,54)/t34-,35-,37+/m1/s1. The number of rotatable bonds is 21. The predicted octanol–water partition coefficient (Wildman–Crippen LogP) is 5.66. The van der Waals surface area contributed by atoms with E-state index in [2.05, 4.69) is 32.2 Å². The lowest BCUT2D eigenvalue weighted by Gasteiger charge is -2.25. The maximum absolute atomic E-state index is 13.8. The van der Waals surface area contributed by atoms with Gasteiger partial charge in [0.15, 0.2) is 5.76 Å². The van der Waals surface area contributed by atoms with Crippen LogP contribution in [0.5, 0.6) is 5.75 Å². The molecule has 5 rings (SSSR count). The minimum Gasteiger partial charge on any atom is -0.493 e. The molecule has 0 saturated carbocycles. The highest BCUT2D eigenvalue weighted by atomic mass is 16.7. The first-order valence-corrected chi connectivity index (χ1v) is 19.9. The fraction of sp³-hybridized carbons (Fsp3) is 0.304. The van der Waals surface area contributed by atoms with Gasteiger partial charge >= 0.3 is 11.9 Å². The summed E-state index contributed by atoms with van der Waals surface area (Å²) in [6.45, 7) is 3.67. The van der Waals surface area contributed by atoms with E-state index in [1.54, 1.807) is 19.1 Å². The minimum absolute atomic E-state index is 0.0537. The Hall–Kier alpha value is -7.00. The maximum atomic E-state index is 13.8. The molecule has 3 atom stereocenters. The topological polar surface area (TPSA) is 201 Å². The second-order valence-electron chi connectivity index (χ2n) is 13.9. The average molecular weight is 835 g/mol. The van der Waals surface area contributed by atoms with E-state index in [1.807, 2.05) is 73.7 Å². The van der Waals surface area contributed by atoms with Crippen LogP contribution in [0.1, 0.15) is 65.1 Å². The van der Waals surface area contributed by atoms with E-state index in [4.69, 9.17) is 18.7 Å². The molecular formula is C46H50N4O11. The molecule has 4 N–H and O–H groups in total. The van der Waals surface area contributed by atoms with Gasteiger partial charge in [-0.1, -0.05) is 85.8 Å². The fourth-order valence-corrected chi connectivity index (χ4v) is 6.73. The van der Waals surface area contributed by atoms with Crippen molar-refractivity contribution < 1.29 is 52.2 Å². The van der Waals surface area contributed by atoms with E-state index >= 15 is 0 Å². The number of ether oxygens (including phenoxy) is 3. The van der Waals surface area contributed by atoms with Crippen molar-refractivity contribution in [2.75, 3.05) is 27.5 Å². The normalized spacial score (nSPS) is 12.3. The molecule has 1 heterocycles. The molecule has 4 aromatic carbocycles. The van der Waals surface area contributed by atoms with Gasteiger partial charge in [0.2, 0.25) is 11.8 Å². The van der Waals surface area contributed by atoms with E-state index in [0.29, 0.717) is 24.8 Å². The van der Waals surface area contributed by atoms with Gasteiger partial charge in [-0.2, -0.15) is 0 Å². The number of esters is 2. The van der Waals surface area contributed by atoms with Crippen molar-refractivity contribution in [2.24, 2.45) is 11.8 Å². The molecule has 15 nitrogen and oxygen atoms in total. The number of hydrogen-bond acceptors (Lipinski definition) is 11. The smallest absolute Gasteiger partial charge is 0.328 e. The van der Waals surface area contributed by atoms with Crippen LogP contribution in [0, 0.1) is 11.8 Å². The lowest BCUT2D eigenvalue weighted by atomic mass is 9.84. The number of hydrogen-bond donors (Lipinski definition) is 4.